The molecular formula is C15H18N2O. The van der Waals surface area contributed by atoms with E-state index in [0.29, 0.717) is 12.1 Å². The summed E-state index contributed by atoms with van der Waals surface area (Å²) in [4.78, 5) is 16.2. The van der Waals surface area contributed by atoms with Gasteiger partial charge in [0.15, 0.2) is 0 Å². The van der Waals surface area contributed by atoms with Gasteiger partial charge >= 0.3 is 0 Å². The molecule has 1 aromatic heterocycles. The third-order valence-electron chi connectivity index (χ3n) is 2.64. The minimum Gasteiger partial charge on any atom is -0.352 e. The largest absolute Gasteiger partial charge is 0.352 e. The Morgan fingerprint density at radius 1 is 1.28 bits per heavy atom. The standard InChI is InChI=1S/C15H18N2O/c1-15(2,3)10-17-14(18)12-6-7-13-11(9-12)5-4-8-16-13/h4-9H,10H2,1-3H3,(H,17,18). The second kappa shape index (κ2) is 4.77. The molecule has 0 saturated carbocycles. The van der Waals surface area contributed by atoms with Gasteiger partial charge in [0.25, 0.3) is 5.91 Å². The maximum atomic E-state index is 12.0. The lowest BCUT2D eigenvalue weighted by Crippen LogP contribution is -2.32. The number of hydrogen-bond donors (Lipinski definition) is 1. The Morgan fingerprint density at radius 2 is 2.06 bits per heavy atom. The Balaban J connectivity index is 2.18. The molecule has 0 atom stereocenters. The molecule has 0 radical (unpaired) electrons. The average Bonchev–Trinajstić information content (AvgIpc) is 2.34. The summed E-state index contributed by atoms with van der Waals surface area (Å²) >= 11 is 0. The van der Waals surface area contributed by atoms with E-state index in [4.69, 9.17) is 0 Å². The lowest BCUT2D eigenvalue weighted by Gasteiger charge is -2.18. The second-order valence-electron chi connectivity index (χ2n) is 5.65. The molecule has 0 saturated heterocycles. The van der Waals surface area contributed by atoms with Gasteiger partial charge in [-0.05, 0) is 29.7 Å². The smallest absolute Gasteiger partial charge is 0.251 e. The molecule has 1 heterocycles. The normalized spacial score (nSPS) is 11.5. The van der Waals surface area contributed by atoms with Gasteiger partial charge in [-0.25, -0.2) is 0 Å². The summed E-state index contributed by atoms with van der Waals surface area (Å²) < 4.78 is 0. The molecule has 3 heteroatoms. The maximum Gasteiger partial charge on any atom is 0.251 e. The summed E-state index contributed by atoms with van der Waals surface area (Å²) in [6.45, 7) is 6.95. The van der Waals surface area contributed by atoms with Gasteiger partial charge in [0.1, 0.15) is 0 Å². The summed E-state index contributed by atoms with van der Waals surface area (Å²) in [6, 6.07) is 9.40. The lowest BCUT2D eigenvalue weighted by molar-refractivity contribution is 0.0939. The van der Waals surface area contributed by atoms with Crippen LogP contribution in [0, 0.1) is 5.41 Å². The number of rotatable bonds is 2. The summed E-state index contributed by atoms with van der Waals surface area (Å²) in [6.07, 6.45) is 1.75. The highest BCUT2D eigenvalue weighted by atomic mass is 16.1. The minimum absolute atomic E-state index is 0.0318. The van der Waals surface area contributed by atoms with Gasteiger partial charge in [0.05, 0.1) is 5.52 Å². The number of amides is 1. The molecule has 3 nitrogen and oxygen atoms in total. The van der Waals surface area contributed by atoms with E-state index < -0.39 is 0 Å². The van der Waals surface area contributed by atoms with Gasteiger partial charge in [0.2, 0.25) is 0 Å². The van der Waals surface area contributed by atoms with Crippen molar-refractivity contribution in [1.29, 1.82) is 0 Å². The third kappa shape index (κ3) is 3.06. The number of nitrogens with zero attached hydrogens (tertiary/aromatic N) is 1. The molecule has 0 fully saturated rings. The Bertz CT molecular complexity index is 570. The zero-order chi connectivity index (χ0) is 13.2. The van der Waals surface area contributed by atoms with E-state index in [9.17, 15) is 4.79 Å². The van der Waals surface area contributed by atoms with Crippen LogP contribution < -0.4 is 5.32 Å². The Hall–Kier alpha value is -1.90. The molecule has 2 rings (SSSR count). The van der Waals surface area contributed by atoms with Crippen LogP contribution in [0.1, 0.15) is 31.1 Å². The van der Waals surface area contributed by atoms with Crippen LogP contribution in [0.2, 0.25) is 0 Å². The topological polar surface area (TPSA) is 42.0 Å². The van der Waals surface area contributed by atoms with E-state index in [1.165, 1.54) is 0 Å². The highest BCUT2D eigenvalue weighted by Crippen LogP contribution is 2.14. The number of nitrogens with one attached hydrogen (secondary N) is 1. The first-order valence-electron chi connectivity index (χ1n) is 6.09. The Morgan fingerprint density at radius 3 is 2.78 bits per heavy atom. The predicted octanol–water partition coefficient (Wildman–Crippen LogP) is 3.01. The number of pyridine rings is 1. The molecule has 18 heavy (non-hydrogen) atoms. The molecule has 1 amide bonds. The monoisotopic (exact) mass is 242 g/mol. The first kappa shape index (κ1) is 12.6. The van der Waals surface area contributed by atoms with Crippen molar-refractivity contribution in [2.24, 2.45) is 5.41 Å². The molecule has 1 aromatic carbocycles. The SMILES string of the molecule is CC(C)(C)CNC(=O)c1ccc2ncccc2c1. The maximum absolute atomic E-state index is 12.0. The number of hydrogen-bond acceptors (Lipinski definition) is 2. The van der Waals surface area contributed by atoms with Crippen molar-refractivity contribution in [3.8, 4) is 0 Å². The molecule has 1 N–H and O–H groups in total. The van der Waals surface area contributed by atoms with Crippen LogP contribution in [0.5, 0.6) is 0 Å². The molecule has 0 aliphatic rings. The third-order valence-corrected chi connectivity index (χ3v) is 2.64. The molecule has 0 spiro atoms. The van der Waals surface area contributed by atoms with Crippen LogP contribution in [0.25, 0.3) is 10.9 Å². The summed E-state index contributed by atoms with van der Waals surface area (Å²) in [7, 11) is 0. The van der Waals surface area contributed by atoms with E-state index in [1.807, 2.05) is 30.3 Å². The summed E-state index contributed by atoms with van der Waals surface area (Å²) in [5.74, 6) is -0.0318. The van der Waals surface area contributed by atoms with E-state index in [-0.39, 0.29) is 11.3 Å². The van der Waals surface area contributed by atoms with Crippen molar-refractivity contribution in [3.05, 3.63) is 42.1 Å². The van der Waals surface area contributed by atoms with E-state index in [0.717, 1.165) is 10.9 Å². The van der Waals surface area contributed by atoms with Crippen molar-refractivity contribution in [2.75, 3.05) is 6.54 Å². The predicted molar refractivity (Wildman–Crippen MR) is 73.5 cm³/mol. The quantitative estimate of drug-likeness (QED) is 0.879. The average molecular weight is 242 g/mol. The number of fused-ring (bicyclic) bond motifs is 1. The highest BCUT2D eigenvalue weighted by Gasteiger charge is 2.13. The molecule has 0 aliphatic heterocycles. The highest BCUT2D eigenvalue weighted by molar-refractivity contribution is 5.97. The van der Waals surface area contributed by atoms with Gasteiger partial charge in [-0.15, -0.1) is 0 Å². The molecule has 0 bridgehead atoms. The van der Waals surface area contributed by atoms with E-state index >= 15 is 0 Å². The zero-order valence-electron chi connectivity index (χ0n) is 11.0. The van der Waals surface area contributed by atoms with Crippen molar-refractivity contribution < 1.29 is 4.79 Å². The molecular weight excluding hydrogens is 224 g/mol. The van der Waals surface area contributed by atoms with Crippen LogP contribution >= 0.6 is 0 Å². The van der Waals surface area contributed by atoms with Gasteiger partial charge < -0.3 is 5.32 Å². The van der Waals surface area contributed by atoms with Crippen LogP contribution in [-0.2, 0) is 0 Å². The fraction of sp³-hybridized carbons (Fsp3) is 0.333. The van der Waals surface area contributed by atoms with Crippen LogP contribution in [-0.4, -0.2) is 17.4 Å². The van der Waals surface area contributed by atoms with Crippen LogP contribution in [0.15, 0.2) is 36.5 Å². The van der Waals surface area contributed by atoms with Crippen LogP contribution in [0.4, 0.5) is 0 Å². The fourth-order valence-electron chi connectivity index (χ4n) is 1.66. The van der Waals surface area contributed by atoms with Gasteiger partial charge in [-0.3, -0.25) is 9.78 Å². The van der Waals surface area contributed by atoms with Crippen molar-refractivity contribution in [2.45, 2.75) is 20.8 Å². The number of carbonyl (C=O) groups is 1. The summed E-state index contributed by atoms with van der Waals surface area (Å²) in [5.41, 5.74) is 1.68. The number of benzene rings is 1. The number of aromatic nitrogens is 1. The lowest BCUT2D eigenvalue weighted by atomic mass is 9.97. The minimum atomic E-state index is -0.0318. The van der Waals surface area contributed by atoms with Crippen molar-refractivity contribution in [3.63, 3.8) is 0 Å². The van der Waals surface area contributed by atoms with E-state index in [2.05, 4.69) is 31.1 Å². The van der Waals surface area contributed by atoms with Gasteiger partial charge in [-0.2, -0.15) is 0 Å². The Kier molecular flexibility index (Phi) is 3.32. The number of carbonyl (C=O) groups excluding carboxylic acids is 1. The first-order valence-corrected chi connectivity index (χ1v) is 6.09. The van der Waals surface area contributed by atoms with Crippen LogP contribution in [0.3, 0.4) is 0 Å². The fourth-order valence-corrected chi connectivity index (χ4v) is 1.66. The van der Waals surface area contributed by atoms with E-state index in [1.54, 1.807) is 6.20 Å². The zero-order valence-corrected chi connectivity index (χ0v) is 11.0. The van der Waals surface area contributed by atoms with Crippen molar-refractivity contribution >= 4 is 16.8 Å². The second-order valence-corrected chi connectivity index (χ2v) is 5.65. The van der Waals surface area contributed by atoms with Gasteiger partial charge in [0, 0.05) is 23.7 Å². The summed E-state index contributed by atoms with van der Waals surface area (Å²) in [5, 5.41) is 3.93. The first-order chi connectivity index (χ1) is 8.46. The molecule has 94 valence electrons. The Labute approximate surface area is 107 Å². The molecule has 0 aliphatic carbocycles. The van der Waals surface area contributed by atoms with Gasteiger partial charge in [-0.1, -0.05) is 26.8 Å². The van der Waals surface area contributed by atoms with Crippen molar-refractivity contribution in [1.82, 2.24) is 10.3 Å². The molecule has 0 unspecified atom stereocenters. The molecule has 2 aromatic rings.